The Bertz CT molecular complexity index is 614. The highest BCUT2D eigenvalue weighted by Crippen LogP contribution is 2.31. The van der Waals surface area contributed by atoms with Crippen LogP contribution in [0.15, 0.2) is 0 Å². The van der Waals surface area contributed by atoms with E-state index in [4.69, 9.17) is 47.6 Å². The number of hydrogen-bond acceptors (Lipinski definition) is 16. The molecule has 0 aromatic heterocycles. The van der Waals surface area contributed by atoms with E-state index >= 15 is 0 Å². The first-order chi connectivity index (χ1) is 15.9. The van der Waals surface area contributed by atoms with Crippen molar-refractivity contribution in [2.24, 2.45) is 28.7 Å². The molecule has 0 radical (unpaired) electrons. The minimum Gasteiger partial charge on any atom is -0.394 e. The van der Waals surface area contributed by atoms with Gasteiger partial charge in [-0.25, -0.2) is 0 Å². The third-order valence-electron chi connectivity index (χ3n) is 6.72. The SMILES string of the molecule is NCC1OC(OC2C(N)C(O)C(N)C(OC3OC(CO)C(O)C(N)C3O)C2O)C(N)C(O)C1O. The molecular weight excluding hydrogens is 462 g/mol. The molecule has 2 saturated heterocycles. The van der Waals surface area contributed by atoms with Gasteiger partial charge in [-0.15, -0.1) is 0 Å². The van der Waals surface area contributed by atoms with Crippen LogP contribution >= 0.6 is 0 Å². The Morgan fingerprint density at radius 3 is 1.62 bits per heavy atom. The van der Waals surface area contributed by atoms with Gasteiger partial charge in [0.25, 0.3) is 0 Å². The lowest BCUT2D eigenvalue weighted by Crippen LogP contribution is -2.73. The molecule has 3 aliphatic rings. The van der Waals surface area contributed by atoms with Gasteiger partial charge in [0.1, 0.15) is 54.9 Å². The summed E-state index contributed by atoms with van der Waals surface area (Å²) in [6.07, 6.45) is -16.8. The van der Waals surface area contributed by atoms with E-state index in [0.29, 0.717) is 0 Å². The van der Waals surface area contributed by atoms with Gasteiger partial charge in [0.2, 0.25) is 0 Å². The predicted molar refractivity (Wildman–Crippen MR) is 111 cm³/mol. The zero-order valence-corrected chi connectivity index (χ0v) is 18.3. The van der Waals surface area contributed by atoms with E-state index in [1.807, 2.05) is 0 Å². The molecule has 2 aliphatic heterocycles. The molecule has 1 aliphatic carbocycles. The second-order valence-electron chi connectivity index (χ2n) is 8.96. The highest BCUT2D eigenvalue weighted by molar-refractivity contribution is 5.06. The molecule has 2 heterocycles. The van der Waals surface area contributed by atoms with Crippen molar-refractivity contribution >= 4 is 0 Å². The maximum Gasteiger partial charge on any atom is 0.186 e. The summed E-state index contributed by atoms with van der Waals surface area (Å²) in [4.78, 5) is 0. The van der Waals surface area contributed by atoms with Crippen LogP contribution in [-0.4, -0.2) is 147 Å². The molecule has 1 saturated carbocycles. The van der Waals surface area contributed by atoms with Gasteiger partial charge in [-0.2, -0.15) is 0 Å². The van der Waals surface area contributed by atoms with Gasteiger partial charge in [0.15, 0.2) is 12.6 Å². The van der Waals surface area contributed by atoms with Crippen LogP contribution in [0.4, 0.5) is 0 Å². The summed E-state index contributed by atoms with van der Waals surface area (Å²) in [5.74, 6) is 0. The number of nitrogens with two attached hydrogens (primary N) is 5. The van der Waals surface area contributed by atoms with Gasteiger partial charge in [-0.05, 0) is 0 Å². The fourth-order valence-electron chi connectivity index (χ4n) is 4.44. The van der Waals surface area contributed by atoms with E-state index < -0.39 is 104 Å². The van der Waals surface area contributed by atoms with E-state index in [-0.39, 0.29) is 6.54 Å². The van der Waals surface area contributed by atoms with E-state index in [1.54, 1.807) is 0 Å². The maximum atomic E-state index is 11.0. The van der Waals surface area contributed by atoms with Crippen LogP contribution in [0.5, 0.6) is 0 Å². The average Bonchev–Trinajstić information content (AvgIpc) is 2.82. The highest BCUT2D eigenvalue weighted by Gasteiger charge is 2.54. The summed E-state index contributed by atoms with van der Waals surface area (Å²) in [6.45, 7) is -0.800. The summed E-state index contributed by atoms with van der Waals surface area (Å²) in [7, 11) is 0. The zero-order valence-electron chi connectivity index (χ0n) is 18.3. The summed E-state index contributed by atoms with van der Waals surface area (Å²) >= 11 is 0. The lowest BCUT2D eigenvalue weighted by Gasteiger charge is -2.49. The molecule has 0 amide bonds. The molecule has 16 unspecified atom stereocenters. The van der Waals surface area contributed by atoms with Crippen molar-refractivity contribution in [2.75, 3.05) is 13.2 Å². The van der Waals surface area contributed by atoms with Crippen LogP contribution in [0.1, 0.15) is 0 Å². The van der Waals surface area contributed by atoms with Crippen molar-refractivity contribution in [3.8, 4) is 0 Å². The number of rotatable bonds is 6. The minimum atomic E-state index is -1.63. The normalized spacial score (nSPS) is 54.7. The van der Waals surface area contributed by atoms with E-state index in [2.05, 4.69) is 0 Å². The molecule has 16 heteroatoms. The van der Waals surface area contributed by atoms with Gasteiger partial charge >= 0.3 is 0 Å². The number of aliphatic hydroxyl groups is 7. The number of aliphatic hydroxyl groups excluding tert-OH is 7. The Balaban J connectivity index is 1.77. The van der Waals surface area contributed by atoms with Gasteiger partial charge in [0, 0.05) is 6.54 Å². The molecule has 0 spiro atoms. The Kier molecular flexibility index (Phi) is 9.18. The smallest absolute Gasteiger partial charge is 0.186 e. The van der Waals surface area contributed by atoms with Crippen LogP contribution in [0.25, 0.3) is 0 Å². The summed E-state index contributed by atoms with van der Waals surface area (Å²) < 4.78 is 22.2. The quantitative estimate of drug-likeness (QED) is 0.161. The minimum absolute atomic E-state index is 0.168. The molecule has 0 aromatic carbocycles. The molecule has 3 fully saturated rings. The summed E-state index contributed by atoms with van der Waals surface area (Å²) in [5, 5.41) is 71.5. The Morgan fingerprint density at radius 1 is 0.559 bits per heavy atom. The molecule has 16 nitrogen and oxygen atoms in total. The van der Waals surface area contributed by atoms with Crippen LogP contribution in [0.2, 0.25) is 0 Å². The fraction of sp³-hybridized carbons (Fsp3) is 1.00. The largest absolute Gasteiger partial charge is 0.394 e. The van der Waals surface area contributed by atoms with Crippen LogP contribution in [-0.2, 0) is 18.9 Å². The molecule has 0 bridgehead atoms. The third kappa shape index (κ3) is 5.09. The van der Waals surface area contributed by atoms with Crippen molar-refractivity contribution in [2.45, 2.75) is 97.8 Å². The van der Waals surface area contributed by atoms with Crippen LogP contribution < -0.4 is 28.7 Å². The number of hydrogen-bond donors (Lipinski definition) is 12. The first kappa shape index (κ1) is 27.9. The van der Waals surface area contributed by atoms with E-state index in [9.17, 15) is 35.7 Å². The fourth-order valence-corrected chi connectivity index (χ4v) is 4.44. The summed E-state index contributed by atoms with van der Waals surface area (Å²) in [5.41, 5.74) is 29.3. The van der Waals surface area contributed by atoms with Crippen LogP contribution in [0, 0.1) is 0 Å². The molecule has 3 rings (SSSR count). The molecule has 34 heavy (non-hydrogen) atoms. The summed E-state index contributed by atoms with van der Waals surface area (Å²) in [6, 6.07) is -5.03. The van der Waals surface area contributed by atoms with E-state index in [0.717, 1.165) is 0 Å². The molecular formula is C18H37N5O11. The predicted octanol–water partition coefficient (Wildman–Crippen LogP) is -8.35. The van der Waals surface area contributed by atoms with Crippen molar-refractivity contribution in [3.63, 3.8) is 0 Å². The maximum absolute atomic E-state index is 11.0. The van der Waals surface area contributed by atoms with Gasteiger partial charge in [0.05, 0.1) is 36.9 Å². The van der Waals surface area contributed by atoms with Crippen molar-refractivity contribution in [3.05, 3.63) is 0 Å². The number of ether oxygens (including phenoxy) is 4. The van der Waals surface area contributed by atoms with Gasteiger partial charge < -0.3 is 83.4 Å². The highest BCUT2D eigenvalue weighted by atomic mass is 16.7. The second kappa shape index (κ2) is 11.2. The van der Waals surface area contributed by atoms with Gasteiger partial charge in [-0.1, -0.05) is 0 Å². The average molecular weight is 500 g/mol. The van der Waals surface area contributed by atoms with Crippen molar-refractivity contribution < 1.29 is 54.7 Å². The van der Waals surface area contributed by atoms with Gasteiger partial charge in [-0.3, -0.25) is 0 Å². The topological polar surface area (TPSA) is 309 Å². The Hall–Kier alpha value is -0.640. The van der Waals surface area contributed by atoms with Crippen LogP contribution in [0.3, 0.4) is 0 Å². The first-order valence-electron chi connectivity index (χ1n) is 11.0. The Morgan fingerprint density at radius 2 is 1.09 bits per heavy atom. The van der Waals surface area contributed by atoms with Crippen molar-refractivity contribution in [1.82, 2.24) is 0 Å². The van der Waals surface area contributed by atoms with E-state index in [1.165, 1.54) is 0 Å². The second-order valence-corrected chi connectivity index (χ2v) is 8.96. The monoisotopic (exact) mass is 499 g/mol. The zero-order chi connectivity index (χ0) is 25.5. The molecule has 200 valence electrons. The first-order valence-corrected chi connectivity index (χ1v) is 11.0. The standard InChI is InChI=1S/C18H37N5O11/c19-1-3-10(26)12(28)8(23)17(31-3)33-15-6(21)11(27)7(22)16(14(15)30)34-18-13(29)5(20)9(25)4(2-24)32-18/h3-18,24-30H,1-2,19-23H2. The van der Waals surface area contributed by atoms with Crippen molar-refractivity contribution in [1.29, 1.82) is 0 Å². The lowest BCUT2D eigenvalue weighted by molar-refractivity contribution is -0.324. The lowest BCUT2D eigenvalue weighted by atomic mass is 9.82. The molecule has 17 N–H and O–H groups in total. The molecule has 16 atom stereocenters. The molecule has 0 aromatic rings. The third-order valence-corrected chi connectivity index (χ3v) is 6.72. The Labute approximate surface area is 195 Å².